The van der Waals surface area contributed by atoms with Gasteiger partial charge in [0.25, 0.3) is 0 Å². The van der Waals surface area contributed by atoms with Crippen LogP contribution in [-0.4, -0.2) is 29.8 Å². The maximum atomic E-state index is 13.2. The molecule has 10 heteroatoms. The average molecular weight is 298 g/mol. The van der Waals surface area contributed by atoms with Crippen LogP contribution in [0.2, 0.25) is 0 Å². The van der Waals surface area contributed by atoms with Crippen molar-refractivity contribution in [2.24, 2.45) is 0 Å². The molecule has 0 saturated carbocycles. The van der Waals surface area contributed by atoms with E-state index in [0.29, 0.717) is 6.07 Å². The second-order valence-corrected chi connectivity index (χ2v) is 3.54. The Labute approximate surface area is 108 Å². The summed E-state index contributed by atoms with van der Waals surface area (Å²) >= 11 is 0. The quantitative estimate of drug-likeness (QED) is 0.749. The number of carboxylic acids is 1. The second kappa shape index (κ2) is 5.72. The molecule has 3 N–H and O–H groups in total. The molecule has 0 unspecified atom stereocenters. The third kappa shape index (κ3) is 4.37. The van der Waals surface area contributed by atoms with Gasteiger partial charge in [-0.05, 0) is 6.07 Å². The number of urea groups is 1. The Hall–Kier alpha value is -2.39. The van der Waals surface area contributed by atoms with Gasteiger partial charge < -0.3 is 15.7 Å². The highest BCUT2D eigenvalue weighted by atomic mass is 19.4. The Kier molecular flexibility index (Phi) is 4.48. The smallest absolute Gasteiger partial charge is 0.405 e. The lowest BCUT2D eigenvalue weighted by atomic mass is 10.2. The molecule has 110 valence electrons. The molecule has 5 nitrogen and oxygen atoms in total. The van der Waals surface area contributed by atoms with Crippen molar-refractivity contribution < 1.29 is 36.6 Å². The van der Waals surface area contributed by atoms with E-state index in [9.17, 15) is 31.5 Å². The Balaban J connectivity index is 2.85. The molecule has 0 aromatic heterocycles. The molecule has 0 saturated heterocycles. The van der Waals surface area contributed by atoms with Gasteiger partial charge in [-0.15, -0.1) is 0 Å². The fraction of sp³-hybridized carbons (Fsp3) is 0.200. The number of halogens is 5. The first-order valence-electron chi connectivity index (χ1n) is 4.94. The first kappa shape index (κ1) is 15.7. The molecule has 0 atom stereocenters. The first-order valence-corrected chi connectivity index (χ1v) is 4.94. The highest BCUT2D eigenvalue weighted by molar-refractivity contribution is 5.93. The number of hydrogen-bond acceptors (Lipinski definition) is 2. The molecule has 1 aromatic rings. The lowest BCUT2D eigenvalue weighted by Gasteiger charge is -2.11. The van der Waals surface area contributed by atoms with E-state index >= 15 is 0 Å². The summed E-state index contributed by atoms with van der Waals surface area (Å²) < 4.78 is 61.7. The van der Waals surface area contributed by atoms with Gasteiger partial charge in [0.2, 0.25) is 0 Å². The van der Waals surface area contributed by atoms with Crippen LogP contribution in [-0.2, 0) is 0 Å². The molecule has 0 spiro atoms. The predicted octanol–water partition coefficient (Wildman–Crippen LogP) is 2.35. The molecule has 0 radical (unpaired) electrons. The number of nitrogens with one attached hydrogen (secondary N) is 2. The summed E-state index contributed by atoms with van der Waals surface area (Å²) in [6.45, 7) is -1.66. The summed E-state index contributed by atoms with van der Waals surface area (Å²) in [5.74, 6) is -4.42. The van der Waals surface area contributed by atoms with Crippen molar-refractivity contribution >= 4 is 17.7 Å². The third-order valence-corrected chi connectivity index (χ3v) is 1.98. The van der Waals surface area contributed by atoms with E-state index < -0.39 is 47.6 Å². The van der Waals surface area contributed by atoms with Gasteiger partial charge >= 0.3 is 18.2 Å². The fourth-order valence-electron chi connectivity index (χ4n) is 1.16. The molecular formula is C10H7F5N2O3. The minimum Gasteiger partial charge on any atom is -0.478 e. The molecule has 0 fully saturated rings. The number of hydrogen-bond donors (Lipinski definition) is 3. The van der Waals surface area contributed by atoms with Gasteiger partial charge in [0, 0.05) is 6.07 Å². The summed E-state index contributed by atoms with van der Waals surface area (Å²) in [6, 6.07) is -0.757. The van der Waals surface area contributed by atoms with E-state index in [1.807, 2.05) is 0 Å². The number of carboxylic acid groups (broad SMARTS) is 1. The topological polar surface area (TPSA) is 78.4 Å². The van der Waals surface area contributed by atoms with E-state index in [1.54, 1.807) is 5.32 Å². The van der Waals surface area contributed by atoms with Crippen molar-refractivity contribution in [1.29, 1.82) is 0 Å². The van der Waals surface area contributed by atoms with Crippen molar-refractivity contribution in [3.8, 4) is 0 Å². The van der Waals surface area contributed by atoms with Crippen molar-refractivity contribution in [3.63, 3.8) is 0 Å². The minimum atomic E-state index is -4.66. The summed E-state index contributed by atoms with van der Waals surface area (Å²) in [5, 5.41) is 11.6. The number of carbonyl (C=O) groups is 2. The zero-order valence-corrected chi connectivity index (χ0v) is 9.52. The summed E-state index contributed by atoms with van der Waals surface area (Å²) in [5.41, 5.74) is -1.69. The summed E-state index contributed by atoms with van der Waals surface area (Å²) in [4.78, 5) is 21.6. The normalized spacial score (nSPS) is 11.1. The molecular weight excluding hydrogens is 291 g/mol. The maximum absolute atomic E-state index is 13.2. The summed E-state index contributed by atoms with van der Waals surface area (Å²) in [6.07, 6.45) is -4.66. The van der Waals surface area contributed by atoms with Gasteiger partial charge in [-0.1, -0.05) is 0 Å². The van der Waals surface area contributed by atoms with Crippen LogP contribution in [0.5, 0.6) is 0 Å². The van der Waals surface area contributed by atoms with E-state index in [1.165, 1.54) is 5.32 Å². The van der Waals surface area contributed by atoms with Crippen LogP contribution in [0.4, 0.5) is 32.4 Å². The molecule has 0 aliphatic heterocycles. The van der Waals surface area contributed by atoms with Crippen LogP contribution in [0.1, 0.15) is 10.4 Å². The van der Waals surface area contributed by atoms with Gasteiger partial charge in [-0.25, -0.2) is 18.4 Å². The van der Waals surface area contributed by atoms with Crippen molar-refractivity contribution in [3.05, 3.63) is 29.3 Å². The Morgan fingerprint density at radius 1 is 1.15 bits per heavy atom. The fourth-order valence-corrected chi connectivity index (χ4v) is 1.16. The maximum Gasteiger partial charge on any atom is 0.405 e. The number of rotatable bonds is 3. The molecule has 2 amide bonds. The van der Waals surface area contributed by atoms with Gasteiger partial charge in [-0.2, -0.15) is 13.2 Å². The molecule has 1 rings (SSSR count). The molecule has 0 heterocycles. The minimum absolute atomic E-state index is 0.197. The lowest BCUT2D eigenvalue weighted by Crippen LogP contribution is -2.36. The predicted molar refractivity (Wildman–Crippen MR) is 56.4 cm³/mol. The van der Waals surface area contributed by atoms with Crippen molar-refractivity contribution in [2.75, 3.05) is 11.9 Å². The third-order valence-electron chi connectivity index (χ3n) is 1.98. The van der Waals surface area contributed by atoms with Gasteiger partial charge in [0.05, 0.1) is 11.3 Å². The standard InChI is InChI=1S/C10H7F5N2O3/c11-5-2-6(12)7(1-4(5)8(18)19)17-9(20)16-3-10(13,14)15/h1-2H,3H2,(H,18,19)(H2,16,17,20). The van der Waals surface area contributed by atoms with Crippen molar-refractivity contribution in [1.82, 2.24) is 5.32 Å². The SMILES string of the molecule is O=C(NCC(F)(F)F)Nc1cc(C(=O)O)c(F)cc1F. The Morgan fingerprint density at radius 2 is 1.75 bits per heavy atom. The Bertz CT molecular complexity index is 544. The lowest BCUT2D eigenvalue weighted by molar-refractivity contribution is -0.122. The zero-order chi connectivity index (χ0) is 15.5. The van der Waals surface area contributed by atoms with E-state index in [2.05, 4.69) is 0 Å². The van der Waals surface area contributed by atoms with Crippen LogP contribution < -0.4 is 10.6 Å². The summed E-state index contributed by atoms with van der Waals surface area (Å²) in [7, 11) is 0. The first-order chi connectivity index (χ1) is 9.10. The number of benzene rings is 1. The average Bonchev–Trinajstić information content (AvgIpc) is 2.28. The van der Waals surface area contributed by atoms with Crippen LogP contribution in [0, 0.1) is 11.6 Å². The number of anilines is 1. The molecule has 0 aliphatic carbocycles. The van der Waals surface area contributed by atoms with Gasteiger partial charge in [-0.3, -0.25) is 0 Å². The van der Waals surface area contributed by atoms with Gasteiger partial charge in [0.15, 0.2) is 0 Å². The molecule has 1 aromatic carbocycles. The van der Waals surface area contributed by atoms with E-state index in [0.717, 1.165) is 0 Å². The van der Waals surface area contributed by atoms with E-state index in [-0.39, 0.29) is 6.07 Å². The largest absolute Gasteiger partial charge is 0.478 e. The molecule has 0 aliphatic rings. The monoisotopic (exact) mass is 298 g/mol. The van der Waals surface area contributed by atoms with Crippen LogP contribution in [0.15, 0.2) is 12.1 Å². The molecule has 0 bridgehead atoms. The van der Waals surface area contributed by atoms with E-state index in [4.69, 9.17) is 5.11 Å². The highest BCUT2D eigenvalue weighted by Gasteiger charge is 2.28. The number of aromatic carboxylic acids is 1. The number of alkyl halides is 3. The zero-order valence-electron chi connectivity index (χ0n) is 9.52. The molecule has 20 heavy (non-hydrogen) atoms. The van der Waals surface area contributed by atoms with Crippen LogP contribution in [0.3, 0.4) is 0 Å². The number of carbonyl (C=O) groups excluding carboxylic acids is 1. The van der Waals surface area contributed by atoms with Crippen LogP contribution in [0.25, 0.3) is 0 Å². The highest BCUT2D eigenvalue weighted by Crippen LogP contribution is 2.20. The van der Waals surface area contributed by atoms with Crippen molar-refractivity contribution in [2.45, 2.75) is 6.18 Å². The Morgan fingerprint density at radius 3 is 2.25 bits per heavy atom. The van der Waals surface area contributed by atoms with Crippen LogP contribution >= 0.6 is 0 Å². The number of amides is 2. The van der Waals surface area contributed by atoms with Gasteiger partial charge in [0.1, 0.15) is 18.2 Å². The second-order valence-electron chi connectivity index (χ2n) is 3.54.